The zero-order chi connectivity index (χ0) is 4.99. The van der Waals surface area contributed by atoms with Gasteiger partial charge < -0.3 is 5.11 Å². The van der Waals surface area contributed by atoms with Crippen LogP contribution in [0, 0.1) is 0 Å². The molecule has 0 bridgehead atoms. The fourth-order valence-electron chi connectivity index (χ4n) is 0.214. The van der Waals surface area contributed by atoms with Crippen LogP contribution < -0.4 is 0 Å². The summed E-state index contributed by atoms with van der Waals surface area (Å²) in [7, 11) is 0. The van der Waals surface area contributed by atoms with Crippen molar-refractivity contribution < 1.29 is 9.90 Å². The van der Waals surface area contributed by atoms with Gasteiger partial charge in [0.1, 0.15) is 0 Å². The quantitative estimate of drug-likeness (QED) is 0.752. The summed E-state index contributed by atoms with van der Waals surface area (Å²) in [5.74, 6) is -0.711. The molecule has 0 aliphatic heterocycles. The van der Waals surface area contributed by atoms with Gasteiger partial charge in [-0.15, -0.1) is 0 Å². The molecule has 1 radical (unpaired) electrons. The molecular formula is C4H8O2Tl. The maximum atomic E-state index is 9.60. The van der Waals surface area contributed by atoms with E-state index >= 15 is 0 Å². The third-order valence-electron chi connectivity index (χ3n) is 0.464. The van der Waals surface area contributed by atoms with Crippen LogP contribution in [0.4, 0.5) is 0 Å². The van der Waals surface area contributed by atoms with Crippen LogP contribution in [0.5, 0.6) is 0 Å². The summed E-state index contributed by atoms with van der Waals surface area (Å²) >= 11 is 0. The average molecular weight is 292 g/mol. The second kappa shape index (κ2) is 6.39. The minimum absolute atomic E-state index is 0. The SMILES string of the molecule is CCCC(=O)O.[Tl]. The van der Waals surface area contributed by atoms with Crippen LogP contribution in [-0.2, 0) is 4.79 Å². The molecule has 0 unspecified atom stereocenters. The molecule has 0 aliphatic carbocycles. The fraction of sp³-hybridized carbons (Fsp3) is 0.750. The molecule has 0 saturated carbocycles. The monoisotopic (exact) mass is 293 g/mol. The van der Waals surface area contributed by atoms with E-state index in [0.29, 0.717) is 6.42 Å². The molecular weight excluding hydrogens is 284 g/mol. The molecule has 0 heterocycles. The van der Waals surface area contributed by atoms with Crippen LogP contribution in [0.1, 0.15) is 19.8 Å². The number of carboxylic acids is 1. The van der Waals surface area contributed by atoms with Crippen molar-refractivity contribution in [3.8, 4) is 0 Å². The van der Waals surface area contributed by atoms with Crippen LogP contribution >= 0.6 is 0 Å². The Morgan fingerprint density at radius 3 is 2.14 bits per heavy atom. The van der Waals surface area contributed by atoms with Crippen molar-refractivity contribution in [2.45, 2.75) is 19.8 Å². The number of aliphatic carboxylic acids is 1. The van der Waals surface area contributed by atoms with Crippen LogP contribution in [0.25, 0.3) is 0 Å². The summed E-state index contributed by atoms with van der Waals surface area (Å²) in [6.45, 7) is 1.84. The Morgan fingerprint density at radius 1 is 1.71 bits per heavy atom. The number of rotatable bonds is 2. The summed E-state index contributed by atoms with van der Waals surface area (Å²) in [6.07, 6.45) is 1.02. The van der Waals surface area contributed by atoms with E-state index in [-0.39, 0.29) is 27.3 Å². The molecule has 0 saturated heterocycles. The molecule has 0 fully saturated rings. The van der Waals surface area contributed by atoms with Crippen molar-refractivity contribution in [2.75, 3.05) is 0 Å². The second-order valence-corrected chi connectivity index (χ2v) is 1.14. The first-order valence-electron chi connectivity index (χ1n) is 1.99. The third kappa shape index (κ3) is 10.7. The Kier molecular flexibility index (Phi) is 9.49. The van der Waals surface area contributed by atoms with Crippen molar-refractivity contribution >= 4 is 33.3 Å². The van der Waals surface area contributed by atoms with Gasteiger partial charge in [-0.3, -0.25) is 4.79 Å². The summed E-state index contributed by atoms with van der Waals surface area (Å²) in [6, 6.07) is 0. The summed E-state index contributed by atoms with van der Waals surface area (Å²) in [4.78, 5) is 9.60. The minimum atomic E-state index is -0.711. The molecule has 0 amide bonds. The molecule has 3 heteroatoms. The average Bonchev–Trinajstić information content (AvgIpc) is 1.35. The smallest absolute Gasteiger partial charge is 0.303 e. The molecule has 2 nitrogen and oxygen atoms in total. The number of hydrogen-bond acceptors (Lipinski definition) is 1. The Morgan fingerprint density at radius 2 is 2.14 bits per heavy atom. The van der Waals surface area contributed by atoms with Crippen molar-refractivity contribution in [2.24, 2.45) is 0 Å². The first-order chi connectivity index (χ1) is 2.77. The maximum Gasteiger partial charge on any atom is 0.303 e. The van der Waals surface area contributed by atoms with E-state index in [9.17, 15) is 4.79 Å². The zero-order valence-electron chi connectivity index (χ0n) is 4.35. The van der Waals surface area contributed by atoms with Crippen LogP contribution in [0.3, 0.4) is 0 Å². The molecule has 0 aromatic rings. The second-order valence-electron chi connectivity index (χ2n) is 1.14. The molecule has 0 aromatic carbocycles. The number of carboxylic acid groups (broad SMARTS) is 1. The van der Waals surface area contributed by atoms with Gasteiger partial charge in [0, 0.05) is 33.7 Å². The van der Waals surface area contributed by atoms with Crippen molar-refractivity contribution in [3.05, 3.63) is 0 Å². The van der Waals surface area contributed by atoms with Gasteiger partial charge in [-0.2, -0.15) is 0 Å². The molecule has 0 atom stereocenters. The largest absolute Gasteiger partial charge is 0.481 e. The molecule has 0 rings (SSSR count). The Labute approximate surface area is 63.1 Å². The zero-order valence-corrected chi connectivity index (χ0v) is 8.84. The van der Waals surface area contributed by atoms with Gasteiger partial charge >= 0.3 is 5.97 Å². The van der Waals surface area contributed by atoms with Gasteiger partial charge in [0.25, 0.3) is 0 Å². The first kappa shape index (κ1) is 10.4. The van der Waals surface area contributed by atoms with Gasteiger partial charge in [-0.1, -0.05) is 6.92 Å². The minimum Gasteiger partial charge on any atom is -0.481 e. The van der Waals surface area contributed by atoms with E-state index in [0.717, 1.165) is 6.42 Å². The molecule has 0 aliphatic rings. The van der Waals surface area contributed by atoms with Crippen LogP contribution in [0.2, 0.25) is 0 Å². The molecule has 7 heavy (non-hydrogen) atoms. The molecule has 0 spiro atoms. The number of carbonyl (C=O) groups is 1. The third-order valence-corrected chi connectivity index (χ3v) is 0.464. The van der Waals surface area contributed by atoms with Crippen molar-refractivity contribution in [3.63, 3.8) is 0 Å². The first-order valence-corrected chi connectivity index (χ1v) is 1.99. The van der Waals surface area contributed by atoms with E-state index in [4.69, 9.17) is 5.11 Å². The number of hydrogen-bond donors (Lipinski definition) is 1. The van der Waals surface area contributed by atoms with Crippen molar-refractivity contribution in [1.29, 1.82) is 0 Å². The summed E-state index contributed by atoms with van der Waals surface area (Å²) in [5.41, 5.74) is 0. The van der Waals surface area contributed by atoms with E-state index in [1.807, 2.05) is 6.92 Å². The molecule has 1 N–H and O–H groups in total. The Hall–Kier alpha value is 0.392. The normalized spacial score (nSPS) is 7.00. The van der Waals surface area contributed by atoms with E-state index in [1.165, 1.54) is 0 Å². The van der Waals surface area contributed by atoms with Gasteiger partial charge in [-0.25, -0.2) is 0 Å². The summed E-state index contributed by atoms with van der Waals surface area (Å²) < 4.78 is 0. The van der Waals surface area contributed by atoms with Crippen molar-refractivity contribution in [1.82, 2.24) is 0 Å². The van der Waals surface area contributed by atoms with Gasteiger partial charge in [0.15, 0.2) is 0 Å². The van der Waals surface area contributed by atoms with E-state index < -0.39 is 5.97 Å². The van der Waals surface area contributed by atoms with E-state index in [1.54, 1.807) is 0 Å². The Bertz CT molecular complexity index is 53.7. The predicted octanol–water partition coefficient (Wildman–Crippen LogP) is 0.490. The summed E-state index contributed by atoms with van der Waals surface area (Å²) in [5, 5.41) is 7.91. The molecule has 0 aromatic heterocycles. The molecule has 39 valence electrons. The predicted molar refractivity (Wildman–Crippen MR) is 28.3 cm³/mol. The van der Waals surface area contributed by atoms with Crippen LogP contribution in [-0.4, -0.2) is 38.4 Å². The van der Waals surface area contributed by atoms with Gasteiger partial charge in [0.05, 0.1) is 0 Å². The van der Waals surface area contributed by atoms with Gasteiger partial charge in [-0.05, 0) is 6.42 Å². The Balaban J connectivity index is 0. The fourth-order valence-corrected chi connectivity index (χ4v) is 0.214. The topological polar surface area (TPSA) is 37.3 Å². The standard InChI is InChI=1S/C4H8O2.Tl/c1-2-3-4(5)6;/h2-3H2,1H3,(H,5,6);. The van der Waals surface area contributed by atoms with Gasteiger partial charge in [0.2, 0.25) is 0 Å². The van der Waals surface area contributed by atoms with Crippen LogP contribution in [0.15, 0.2) is 0 Å². The van der Waals surface area contributed by atoms with E-state index in [2.05, 4.69) is 0 Å². The maximum absolute atomic E-state index is 9.60.